The molecule has 4 rings (SSSR count). The van der Waals surface area contributed by atoms with Crippen molar-refractivity contribution in [3.8, 4) is 0 Å². The lowest BCUT2D eigenvalue weighted by Gasteiger charge is -2.27. The van der Waals surface area contributed by atoms with E-state index in [1.165, 1.54) is 0 Å². The summed E-state index contributed by atoms with van der Waals surface area (Å²) in [6.07, 6.45) is 0.168. The Kier molecular flexibility index (Phi) is 5.33. The number of hydrogen-bond donors (Lipinski definition) is 1. The number of amides is 3. The molecule has 0 aromatic heterocycles. The maximum atomic E-state index is 14.0. The minimum Gasteiger partial charge on any atom is -0.319 e. The number of nitrogens with one attached hydrogen (secondary N) is 1. The molecule has 1 fully saturated rings. The zero-order valence-electron chi connectivity index (χ0n) is 16.3. The van der Waals surface area contributed by atoms with Crippen LogP contribution in [-0.4, -0.2) is 29.2 Å². The summed E-state index contributed by atoms with van der Waals surface area (Å²) in [4.78, 5) is 39.6. The summed E-state index contributed by atoms with van der Waals surface area (Å²) in [7, 11) is 0. The zero-order valence-corrected chi connectivity index (χ0v) is 16.3. The zero-order chi connectivity index (χ0) is 22.0. The Morgan fingerprint density at radius 1 is 0.903 bits per heavy atom. The van der Waals surface area contributed by atoms with Gasteiger partial charge in [-0.15, -0.1) is 0 Å². The van der Waals surface area contributed by atoms with E-state index in [9.17, 15) is 23.2 Å². The van der Waals surface area contributed by atoms with Gasteiger partial charge in [-0.3, -0.25) is 14.5 Å². The predicted octanol–water partition coefficient (Wildman–Crippen LogP) is 3.84. The van der Waals surface area contributed by atoms with E-state index in [1.807, 2.05) is 30.3 Å². The lowest BCUT2D eigenvalue weighted by molar-refractivity contribution is -0.131. The summed E-state index contributed by atoms with van der Waals surface area (Å²) in [5, 5.41) is 2.73. The van der Waals surface area contributed by atoms with Crippen molar-refractivity contribution in [1.29, 1.82) is 0 Å². The van der Waals surface area contributed by atoms with Crippen LogP contribution in [0, 0.1) is 11.6 Å². The average molecular weight is 420 g/mol. The van der Waals surface area contributed by atoms with E-state index in [1.54, 1.807) is 30.3 Å². The molecule has 1 aliphatic rings. The molecule has 0 saturated carbocycles. The molecule has 7 heteroatoms. The van der Waals surface area contributed by atoms with Crippen molar-refractivity contribution in [2.24, 2.45) is 0 Å². The molecule has 1 N–H and O–H groups in total. The summed E-state index contributed by atoms with van der Waals surface area (Å²) < 4.78 is 27.5. The first-order valence-corrected chi connectivity index (χ1v) is 9.62. The standard InChI is InChI=1S/C24H18F2N2O3/c25-18-11-12-20(26)19(13-18)21(29)15-28-22(30)24(27-23(28)31,17-9-5-2-6-10-17)14-16-7-3-1-4-8-16/h1-13H,14-15H2,(H,27,31). The maximum absolute atomic E-state index is 14.0. The molecule has 0 bridgehead atoms. The maximum Gasteiger partial charge on any atom is 0.325 e. The highest BCUT2D eigenvalue weighted by atomic mass is 19.1. The van der Waals surface area contributed by atoms with Crippen LogP contribution in [0.5, 0.6) is 0 Å². The highest BCUT2D eigenvalue weighted by Gasteiger charge is 2.52. The first-order chi connectivity index (χ1) is 14.9. The van der Waals surface area contributed by atoms with Crippen LogP contribution < -0.4 is 5.32 Å². The number of halogens is 2. The van der Waals surface area contributed by atoms with Crippen molar-refractivity contribution >= 4 is 17.7 Å². The van der Waals surface area contributed by atoms with Crippen molar-refractivity contribution in [2.75, 3.05) is 6.54 Å². The Morgan fingerprint density at radius 3 is 2.23 bits per heavy atom. The van der Waals surface area contributed by atoms with Gasteiger partial charge in [-0.2, -0.15) is 0 Å². The summed E-state index contributed by atoms with van der Waals surface area (Å²) in [5.74, 6) is -3.21. The van der Waals surface area contributed by atoms with Crippen molar-refractivity contribution in [2.45, 2.75) is 12.0 Å². The molecule has 0 aliphatic carbocycles. The van der Waals surface area contributed by atoms with Gasteiger partial charge in [-0.1, -0.05) is 60.7 Å². The van der Waals surface area contributed by atoms with Gasteiger partial charge in [-0.05, 0) is 29.3 Å². The van der Waals surface area contributed by atoms with Gasteiger partial charge in [0.2, 0.25) is 0 Å². The molecular formula is C24H18F2N2O3. The fourth-order valence-electron chi connectivity index (χ4n) is 3.75. The Balaban J connectivity index is 1.69. The van der Waals surface area contributed by atoms with Gasteiger partial charge in [0.1, 0.15) is 11.6 Å². The van der Waals surface area contributed by atoms with Crippen molar-refractivity contribution < 1.29 is 23.2 Å². The van der Waals surface area contributed by atoms with Gasteiger partial charge >= 0.3 is 6.03 Å². The Labute approximate surface area is 177 Å². The predicted molar refractivity (Wildman–Crippen MR) is 109 cm³/mol. The number of carbonyl (C=O) groups excluding carboxylic acids is 3. The number of ketones is 1. The quantitative estimate of drug-likeness (QED) is 0.487. The van der Waals surface area contributed by atoms with Gasteiger partial charge in [0, 0.05) is 6.42 Å². The van der Waals surface area contributed by atoms with Gasteiger partial charge in [0.25, 0.3) is 5.91 Å². The average Bonchev–Trinajstić information content (AvgIpc) is 3.01. The van der Waals surface area contributed by atoms with E-state index < -0.39 is 47.0 Å². The molecule has 3 amide bonds. The van der Waals surface area contributed by atoms with E-state index in [2.05, 4.69) is 5.32 Å². The second kappa shape index (κ2) is 8.10. The van der Waals surface area contributed by atoms with E-state index in [0.29, 0.717) is 5.56 Å². The molecular weight excluding hydrogens is 402 g/mol. The van der Waals surface area contributed by atoms with Gasteiger partial charge < -0.3 is 5.32 Å². The molecule has 31 heavy (non-hydrogen) atoms. The largest absolute Gasteiger partial charge is 0.325 e. The SMILES string of the molecule is O=C(CN1C(=O)NC(Cc2ccccc2)(c2ccccc2)C1=O)c1cc(F)ccc1F. The van der Waals surface area contributed by atoms with Crippen LogP contribution in [0.15, 0.2) is 78.9 Å². The summed E-state index contributed by atoms with van der Waals surface area (Å²) in [6.45, 7) is -0.700. The Bertz CT molecular complexity index is 1150. The normalized spacial score (nSPS) is 18.2. The van der Waals surface area contributed by atoms with Crippen molar-refractivity contribution in [3.63, 3.8) is 0 Å². The second-order valence-electron chi connectivity index (χ2n) is 7.30. The number of Topliss-reactive ketones (excluding diaryl/α,β-unsaturated/α-hetero) is 1. The molecule has 1 unspecified atom stereocenters. The first-order valence-electron chi connectivity index (χ1n) is 9.62. The highest BCUT2D eigenvalue weighted by molar-refractivity contribution is 6.11. The fraction of sp³-hybridized carbons (Fsp3) is 0.125. The van der Waals surface area contributed by atoms with Crippen LogP contribution in [0.2, 0.25) is 0 Å². The minimum absolute atomic E-state index is 0.168. The number of urea groups is 1. The molecule has 0 radical (unpaired) electrons. The molecule has 1 saturated heterocycles. The fourth-order valence-corrected chi connectivity index (χ4v) is 3.75. The highest BCUT2D eigenvalue weighted by Crippen LogP contribution is 2.33. The van der Waals surface area contributed by atoms with Gasteiger partial charge in [-0.25, -0.2) is 13.6 Å². The lowest BCUT2D eigenvalue weighted by Crippen LogP contribution is -2.46. The van der Waals surface area contributed by atoms with Crippen molar-refractivity contribution in [3.05, 3.63) is 107 Å². The van der Waals surface area contributed by atoms with E-state index in [0.717, 1.165) is 28.7 Å². The van der Waals surface area contributed by atoms with E-state index in [4.69, 9.17) is 0 Å². The van der Waals surface area contributed by atoms with Crippen molar-refractivity contribution in [1.82, 2.24) is 10.2 Å². The van der Waals surface area contributed by atoms with Gasteiger partial charge in [0.15, 0.2) is 11.3 Å². The molecule has 1 atom stereocenters. The molecule has 5 nitrogen and oxygen atoms in total. The van der Waals surface area contributed by atoms with Crippen LogP contribution in [0.4, 0.5) is 13.6 Å². The molecule has 1 heterocycles. The van der Waals surface area contributed by atoms with Gasteiger partial charge in [0.05, 0.1) is 12.1 Å². The Morgan fingerprint density at radius 2 is 1.55 bits per heavy atom. The van der Waals surface area contributed by atoms with E-state index >= 15 is 0 Å². The number of rotatable bonds is 6. The number of nitrogens with zero attached hydrogens (tertiary/aromatic N) is 1. The second-order valence-corrected chi connectivity index (χ2v) is 7.30. The molecule has 3 aromatic rings. The number of imide groups is 1. The number of hydrogen-bond acceptors (Lipinski definition) is 3. The summed E-state index contributed by atoms with van der Waals surface area (Å²) in [5.41, 5.74) is -0.560. The third-order valence-electron chi connectivity index (χ3n) is 5.28. The number of carbonyl (C=O) groups is 3. The topological polar surface area (TPSA) is 66.5 Å². The molecule has 0 spiro atoms. The minimum atomic E-state index is -1.42. The summed E-state index contributed by atoms with van der Waals surface area (Å²) in [6, 6.07) is 19.6. The number of benzene rings is 3. The molecule has 3 aromatic carbocycles. The monoisotopic (exact) mass is 420 g/mol. The van der Waals surface area contributed by atoms with Crippen LogP contribution in [0.3, 0.4) is 0 Å². The van der Waals surface area contributed by atoms with Crippen LogP contribution in [-0.2, 0) is 16.8 Å². The van der Waals surface area contributed by atoms with Crippen LogP contribution in [0.1, 0.15) is 21.5 Å². The molecule has 1 aliphatic heterocycles. The summed E-state index contributed by atoms with van der Waals surface area (Å²) >= 11 is 0. The smallest absolute Gasteiger partial charge is 0.319 e. The van der Waals surface area contributed by atoms with Crippen LogP contribution >= 0.6 is 0 Å². The van der Waals surface area contributed by atoms with Crippen LogP contribution in [0.25, 0.3) is 0 Å². The Hall–Kier alpha value is -3.87. The third-order valence-corrected chi connectivity index (χ3v) is 5.28. The lowest BCUT2D eigenvalue weighted by atomic mass is 9.83. The third kappa shape index (κ3) is 3.82. The molecule has 156 valence electrons. The first kappa shape index (κ1) is 20.4. The van der Waals surface area contributed by atoms with E-state index in [-0.39, 0.29) is 6.42 Å².